The number of hydrogen-bond acceptors (Lipinski definition) is 6. The molecule has 2 aliphatic rings. The molecule has 3 heterocycles. The van der Waals surface area contributed by atoms with Gasteiger partial charge in [-0.1, -0.05) is 48.5 Å². The fourth-order valence-corrected chi connectivity index (χ4v) is 4.84. The topological polar surface area (TPSA) is 78.3 Å². The lowest BCUT2D eigenvalue weighted by Gasteiger charge is -2.35. The fraction of sp³-hybridized carbons (Fsp3) is 0.310. The van der Waals surface area contributed by atoms with E-state index < -0.39 is 0 Å². The number of aromatic nitrogens is 1. The van der Waals surface area contributed by atoms with E-state index >= 15 is 0 Å². The number of methoxy groups -OCH3 is 1. The van der Waals surface area contributed by atoms with E-state index in [0.717, 1.165) is 41.5 Å². The lowest BCUT2D eigenvalue weighted by molar-refractivity contribution is -0.138. The van der Waals surface area contributed by atoms with Crippen LogP contribution in [0.2, 0.25) is 0 Å². The molecule has 37 heavy (non-hydrogen) atoms. The molecule has 1 saturated heterocycles. The molecule has 5 rings (SSSR count). The number of piperazine rings is 1. The van der Waals surface area contributed by atoms with Crippen LogP contribution in [0.4, 0.5) is 5.82 Å². The van der Waals surface area contributed by atoms with Crippen LogP contribution in [-0.4, -0.2) is 65.7 Å². The minimum Gasteiger partial charge on any atom is -0.497 e. The van der Waals surface area contributed by atoms with Crippen LogP contribution in [0.5, 0.6) is 5.75 Å². The smallest absolute Gasteiger partial charge is 0.243 e. The van der Waals surface area contributed by atoms with Gasteiger partial charge >= 0.3 is 0 Å². The summed E-state index contributed by atoms with van der Waals surface area (Å²) in [6.07, 6.45) is 2.69. The minimum atomic E-state index is -0.217. The van der Waals surface area contributed by atoms with Crippen molar-refractivity contribution < 1.29 is 14.3 Å². The molecule has 0 N–H and O–H groups in total. The van der Waals surface area contributed by atoms with E-state index in [1.807, 2.05) is 77.7 Å². The van der Waals surface area contributed by atoms with E-state index in [4.69, 9.17) is 9.84 Å². The second-order valence-electron chi connectivity index (χ2n) is 9.20. The summed E-state index contributed by atoms with van der Waals surface area (Å²) in [6.45, 7) is 2.70. The molecule has 0 bridgehead atoms. The van der Waals surface area contributed by atoms with Gasteiger partial charge in [-0.2, -0.15) is 5.10 Å². The number of rotatable bonds is 7. The fourth-order valence-electron chi connectivity index (χ4n) is 4.84. The minimum absolute atomic E-state index is 0.00137. The van der Waals surface area contributed by atoms with Gasteiger partial charge in [0.1, 0.15) is 11.6 Å². The van der Waals surface area contributed by atoms with Gasteiger partial charge in [0.2, 0.25) is 11.8 Å². The SMILES string of the molecule is COc1ccc(C2CC(c3ccccc3)=NN2C(=O)CCC(=O)N2CCN(c3ccccn3)CC2)cc1. The average Bonchev–Trinajstić information content (AvgIpc) is 3.42. The molecule has 8 nitrogen and oxygen atoms in total. The Kier molecular flexibility index (Phi) is 7.44. The maximum Gasteiger partial charge on any atom is 0.243 e. The molecule has 2 aromatic carbocycles. The van der Waals surface area contributed by atoms with Crippen LogP contribution in [0.25, 0.3) is 0 Å². The van der Waals surface area contributed by atoms with E-state index in [-0.39, 0.29) is 30.7 Å². The molecule has 0 saturated carbocycles. The predicted octanol–water partition coefficient (Wildman–Crippen LogP) is 3.90. The highest BCUT2D eigenvalue weighted by molar-refractivity contribution is 6.03. The van der Waals surface area contributed by atoms with Crippen LogP contribution in [0, 0.1) is 0 Å². The van der Waals surface area contributed by atoms with Crippen molar-refractivity contribution in [1.82, 2.24) is 14.9 Å². The van der Waals surface area contributed by atoms with E-state index in [1.165, 1.54) is 0 Å². The lowest BCUT2D eigenvalue weighted by Crippen LogP contribution is -2.49. The van der Waals surface area contributed by atoms with Crippen molar-refractivity contribution in [1.29, 1.82) is 0 Å². The Labute approximate surface area is 217 Å². The summed E-state index contributed by atoms with van der Waals surface area (Å²) in [7, 11) is 1.63. The standard InChI is InChI=1S/C29H31N5O3/c1-37-24-12-10-23(11-13-24)26-21-25(22-7-3-2-4-8-22)31-34(26)29(36)15-14-28(35)33-19-17-32(18-20-33)27-9-5-6-16-30-27/h2-13,16,26H,14-15,17-21H2,1H3. The number of amides is 2. The van der Waals surface area contributed by atoms with Crippen LogP contribution in [0.1, 0.15) is 36.4 Å². The number of benzene rings is 2. The second-order valence-corrected chi connectivity index (χ2v) is 9.20. The van der Waals surface area contributed by atoms with Gasteiger partial charge in [-0.15, -0.1) is 0 Å². The van der Waals surface area contributed by atoms with E-state index in [0.29, 0.717) is 19.5 Å². The molecule has 3 aromatic rings. The number of anilines is 1. The first-order chi connectivity index (χ1) is 18.1. The molecule has 1 unspecified atom stereocenters. The summed E-state index contributed by atoms with van der Waals surface area (Å²) in [6, 6.07) is 23.3. The Morgan fingerprint density at radius 2 is 1.57 bits per heavy atom. The molecule has 2 aliphatic heterocycles. The molecule has 8 heteroatoms. The number of nitrogens with zero attached hydrogens (tertiary/aromatic N) is 5. The van der Waals surface area contributed by atoms with E-state index in [1.54, 1.807) is 18.3 Å². The number of carbonyl (C=O) groups excluding carboxylic acids is 2. The van der Waals surface area contributed by atoms with Gasteiger partial charge in [0.25, 0.3) is 0 Å². The first-order valence-electron chi connectivity index (χ1n) is 12.6. The highest BCUT2D eigenvalue weighted by atomic mass is 16.5. The first kappa shape index (κ1) is 24.5. The van der Waals surface area contributed by atoms with E-state index in [9.17, 15) is 9.59 Å². The highest BCUT2D eigenvalue weighted by Gasteiger charge is 2.33. The first-order valence-corrected chi connectivity index (χ1v) is 12.6. The third-order valence-corrected chi connectivity index (χ3v) is 6.93. The van der Waals surface area contributed by atoms with E-state index in [2.05, 4.69) is 9.88 Å². The van der Waals surface area contributed by atoms with Crippen LogP contribution < -0.4 is 9.64 Å². The summed E-state index contributed by atoms with van der Waals surface area (Å²) in [5, 5.41) is 6.29. The Morgan fingerprint density at radius 1 is 0.865 bits per heavy atom. The summed E-state index contributed by atoms with van der Waals surface area (Å²) in [5.41, 5.74) is 2.85. The zero-order valence-electron chi connectivity index (χ0n) is 21.0. The molecule has 0 radical (unpaired) electrons. The summed E-state index contributed by atoms with van der Waals surface area (Å²) >= 11 is 0. The third kappa shape index (κ3) is 5.63. The summed E-state index contributed by atoms with van der Waals surface area (Å²) in [4.78, 5) is 34.7. The van der Waals surface area contributed by atoms with Gasteiger partial charge in [-0.05, 0) is 35.4 Å². The van der Waals surface area contributed by atoms with Gasteiger partial charge in [-0.3, -0.25) is 9.59 Å². The van der Waals surface area contributed by atoms with Crippen molar-refractivity contribution in [2.75, 3.05) is 38.2 Å². The van der Waals surface area contributed by atoms with Crippen molar-refractivity contribution in [3.05, 3.63) is 90.1 Å². The molecule has 0 spiro atoms. The number of ether oxygens (including phenoxy) is 1. The molecule has 190 valence electrons. The van der Waals surface area contributed by atoms with Crippen molar-refractivity contribution in [3.63, 3.8) is 0 Å². The number of hydrogen-bond donors (Lipinski definition) is 0. The molecule has 1 fully saturated rings. The van der Waals surface area contributed by atoms with Crippen LogP contribution >= 0.6 is 0 Å². The number of pyridine rings is 1. The van der Waals surface area contributed by atoms with Crippen LogP contribution in [-0.2, 0) is 9.59 Å². The summed E-state index contributed by atoms with van der Waals surface area (Å²) in [5.74, 6) is 1.54. The van der Waals surface area contributed by atoms with Crippen LogP contribution in [0.15, 0.2) is 84.1 Å². The Balaban J connectivity index is 1.23. The van der Waals surface area contributed by atoms with Gasteiger partial charge in [-0.25, -0.2) is 9.99 Å². The molecule has 2 amide bonds. The van der Waals surface area contributed by atoms with Gasteiger partial charge in [0, 0.05) is 51.6 Å². The molecule has 1 atom stereocenters. The maximum atomic E-state index is 13.4. The van der Waals surface area contributed by atoms with Gasteiger partial charge in [0.05, 0.1) is 18.9 Å². The lowest BCUT2D eigenvalue weighted by atomic mass is 9.98. The Hall–Kier alpha value is -4.20. The third-order valence-electron chi connectivity index (χ3n) is 6.93. The maximum absolute atomic E-state index is 13.4. The van der Waals surface area contributed by atoms with Gasteiger partial charge in [0.15, 0.2) is 0 Å². The predicted molar refractivity (Wildman–Crippen MR) is 142 cm³/mol. The largest absolute Gasteiger partial charge is 0.497 e. The van der Waals surface area contributed by atoms with Crippen molar-refractivity contribution in [2.24, 2.45) is 5.10 Å². The van der Waals surface area contributed by atoms with Crippen molar-refractivity contribution in [3.8, 4) is 5.75 Å². The monoisotopic (exact) mass is 497 g/mol. The quantitative estimate of drug-likeness (QED) is 0.495. The molecular weight excluding hydrogens is 466 g/mol. The van der Waals surface area contributed by atoms with Gasteiger partial charge < -0.3 is 14.5 Å². The molecular formula is C29H31N5O3. The van der Waals surface area contributed by atoms with Crippen LogP contribution in [0.3, 0.4) is 0 Å². The van der Waals surface area contributed by atoms with Crippen molar-refractivity contribution in [2.45, 2.75) is 25.3 Å². The van der Waals surface area contributed by atoms with Crippen molar-refractivity contribution >= 4 is 23.3 Å². The average molecular weight is 498 g/mol. The Bertz CT molecular complexity index is 1240. The molecule has 0 aliphatic carbocycles. The second kappa shape index (κ2) is 11.2. The normalized spacial score (nSPS) is 17.5. The number of hydrazone groups is 1. The molecule has 1 aromatic heterocycles. The Morgan fingerprint density at radius 3 is 2.24 bits per heavy atom. The number of carbonyl (C=O) groups is 2. The zero-order valence-corrected chi connectivity index (χ0v) is 21.0. The summed E-state index contributed by atoms with van der Waals surface area (Å²) < 4.78 is 5.29. The highest BCUT2D eigenvalue weighted by Crippen LogP contribution is 2.34. The zero-order chi connectivity index (χ0) is 25.6.